The quantitative estimate of drug-likeness (QED) is 0.687. The summed E-state index contributed by atoms with van der Waals surface area (Å²) in [5, 5.41) is 3.56. The van der Waals surface area contributed by atoms with Gasteiger partial charge < -0.3 is 15.0 Å². The lowest BCUT2D eigenvalue weighted by atomic mass is 10.1. The number of amides is 2. The molecule has 0 spiro atoms. The minimum atomic E-state index is -0.965. The summed E-state index contributed by atoms with van der Waals surface area (Å²) in [6.07, 6.45) is 2.06. The number of piperazine rings is 1. The van der Waals surface area contributed by atoms with Crippen LogP contribution in [0.1, 0.15) is 33.6 Å². The summed E-state index contributed by atoms with van der Waals surface area (Å²) in [6.45, 7) is 9.31. The van der Waals surface area contributed by atoms with Crippen LogP contribution in [0.2, 0.25) is 5.02 Å². The van der Waals surface area contributed by atoms with Crippen LogP contribution in [0, 0.1) is 0 Å². The molecule has 27 heavy (non-hydrogen) atoms. The number of hydrogen-bond donors (Lipinski definition) is 1. The highest BCUT2D eigenvalue weighted by Gasteiger charge is 2.35. The number of ether oxygens (including phenoxy) is 1. The summed E-state index contributed by atoms with van der Waals surface area (Å²) >= 11 is 5.89. The lowest BCUT2D eigenvalue weighted by Crippen LogP contribution is -2.56. The maximum Gasteiger partial charge on any atom is 0.266 e. The monoisotopic (exact) mass is 395 g/mol. The van der Waals surface area contributed by atoms with Crippen molar-refractivity contribution < 1.29 is 14.3 Å². The second-order valence-corrected chi connectivity index (χ2v) is 7.77. The van der Waals surface area contributed by atoms with Gasteiger partial charge in [0.25, 0.3) is 5.91 Å². The Kier molecular flexibility index (Phi) is 7.92. The van der Waals surface area contributed by atoms with E-state index in [1.54, 1.807) is 43.0 Å². The van der Waals surface area contributed by atoms with Crippen LogP contribution < -0.4 is 10.1 Å². The van der Waals surface area contributed by atoms with E-state index in [1.165, 1.54) is 0 Å². The molecule has 1 heterocycles. The van der Waals surface area contributed by atoms with E-state index in [1.807, 2.05) is 0 Å². The Morgan fingerprint density at radius 1 is 1.15 bits per heavy atom. The Morgan fingerprint density at radius 2 is 1.78 bits per heavy atom. The molecule has 1 aliphatic heterocycles. The van der Waals surface area contributed by atoms with Crippen molar-refractivity contribution in [3.63, 3.8) is 0 Å². The summed E-state index contributed by atoms with van der Waals surface area (Å²) in [5.41, 5.74) is -0.965. The first kappa shape index (κ1) is 21.5. The molecule has 0 radical (unpaired) electrons. The molecule has 150 valence electrons. The zero-order valence-electron chi connectivity index (χ0n) is 16.5. The Hall–Kier alpha value is -1.79. The van der Waals surface area contributed by atoms with Crippen molar-refractivity contribution in [3.05, 3.63) is 29.3 Å². The second-order valence-electron chi connectivity index (χ2n) is 7.34. The molecule has 0 saturated carbocycles. The molecule has 0 atom stereocenters. The number of unbranched alkanes of at least 4 members (excludes halogenated alkanes) is 1. The number of benzene rings is 1. The van der Waals surface area contributed by atoms with Gasteiger partial charge in [-0.15, -0.1) is 0 Å². The third-order valence-corrected chi connectivity index (χ3v) is 4.83. The molecule has 1 fully saturated rings. The molecule has 2 rings (SSSR count). The number of carbonyl (C=O) groups is 2. The van der Waals surface area contributed by atoms with Gasteiger partial charge in [0.1, 0.15) is 5.75 Å². The number of nitrogens with zero attached hydrogens (tertiary/aromatic N) is 2. The van der Waals surface area contributed by atoms with Gasteiger partial charge in [-0.25, -0.2) is 0 Å². The predicted molar refractivity (Wildman–Crippen MR) is 107 cm³/mol. The highest BCUT2D eigenvalue weighted by Crippen LogP contribution is 2.22. The van der Waals surface area contributed by atoms with Gasteiger partial charge in [0.2, 0.25) is 5.91 Å². The van der Waals surface area contributed by atoms with Crippen molar-refractivity contribution in [3.8, 4) is 5.75 Å². The molecule has 0 aliphatic carbocycles. The van der Waals surface area contributed by atoms with Crippen LogP contribution in [0.4, 0.5) is 0 Å². The minimum Gasteiger partial charge on any atom is -0.478 e. The maximum atomic E-state index is 12.9. The number of nitrogens with one attached hydrogen (secondary N) is 1. The van der Waals surface area contributed by atoms with Crippen molar-refractivity contribution in [2.45, 2.75) is 39.2 Å². The first-order chi connectivity index (χ1) is 12.8. The molecule has 1 N–H and O–H groups in total. The van der Waals surface area contributed by atoms with Crippen molar-refractivity contribution >= 4 is 23.4 Å². The molecular weight excluding hydrogens is 366 g/mol. The van der Waals surface area contributed by atoms with Crippen molar-refractivity contribution in [2.75, 3.05) is 39.3 Å². The SMILES string of the molecule is CCCCNC(=O)CN1CCN(C(=O)C(C)(C)Oc2ccc(Cl)cc2)CC1. The average molecular weight is 396 g/mol. The lowest BCUT2D eigenvalue weighted by Gasteiger charge is -2.38. The highest BCUT2D eigenvalue weighted by molar-refractivity contribution is 6.30. The van der Waals surface area contributed by atoms with Crippen LogP contribution >= 0.6 is 11.6 Å². The van der Waals surface area contributed by atoms with Crippen LogP contribution in [-0.4, -0.2) is 66.5 Å². The fourth-order valence-electron chi connectivity index (χ4n) is 2.99. The van der Waals surface area contributed by atoms with E-state index >= 15 is 0 Å². The smallest absolute Gasteiger partial charge is 0.266 e. The summed E-state index contributed by atoms with van der Waals surface area (Å²) in [6, 6.07) is 6.99. The van der Waals surface area contributed by atoms with Crippen molar-refractivity contribution in [1.82, 2.24) is 15.1 Å². The van der Waals surface area contributed by atoms with E-state index in [4.69, 9.17) is 16.3 Å². The number of carbonyl (C=O) groups excluding carboxylic acids is 2. The zero-order valence-corrected chi connectivity index (χ0v) is 17.2. The lowest BCUT2D eigenvalue weighted by molar-refractivity contribution is -0.147. The Labute approximate surface area is 166 Å². The Morgan fingerprint density at radius 3 is 2.37 bits per heavy atom. The second kappa shape index (κ2) is 9.95. The van der Waals surface area contributed by atoms with Gasteiger partial charge in [-0.1, -0.05) is 24.9 Å². The molecule has 0 bridgehead atoms. The fraction of sp³-hybridized carbons (Fsp3) is 0.600. The molecule has 0 unspecified atom stereocenters. The number of hydrogen-bond acceptors (Lipinski definition) is 4. The first-order valence-electron chi connectivity index (χ1n) is 9.55. The average Bonchev–Trinajstić information content (AvgIpc) is 2.64. The van der Waals surface area contributed by atoms with Gasteiger partial charge in [0.15, 0.2) is 5.60 Å². The molecule has 2 amide bonds. The first-order valence-corrected chi connectivity index (χ1v) is 9.92. The topological polar surface area (TPSA) is 61.9 Å². The summed E-state index contributed by atoms with van der Waals surface area (Å²) in [7, 11) is 0. The molecule has 1 aliphatic rings. The van der Waals surface area contributed by atoms with E-state index in [2.05, 4.69) is 17.1 Å². The number of halogens is 1. The molecule has 1 saturated heterocycles. The molecule has 1 aromatic rings. The molecule has 6 nitrogen and oxygen atoms in total. The van der Waals surface area contributed by atoms with Crippen molar-refractivity contribution in [1.29, 1.82) is 0 Å². The van der Waals surface area contributed by atoms with E-state index < -0.39 is 5.60 Å². The largest absolute Gasteiger partial charge is 0.478 e. The third kappa shape index (κ3) is 6.70. The normalized spacial score (nSPS) is 15.5. The van der Waals surface area contributed by atoms with E-state index in [0.29, 0.717) is 43.5 Å². The van der Waals surface area contributed by atoms with Crippen LogP contribution in [0.15, 0.2) is 24.3 Å². The van der Waals surface area contributed by atoms with Crippen molar-refractivity contribution in [2.24, 2.45) is 0 Å². The highest BCUT2D eigenvalue weighted by atomic mass is 35.5. The maximum absolute atomic E-state index is 12.9. The minimum absolute atomic E-state index is 0.0506. The van der Waals surface area contributed by atoms with Gasteiger partial charge >= 0.3 is 0 Å². The van der Waals surface area contributed by atoms with Gasteiger partial charge in [0.05, 0.1) is 6.54 Å². The molecule has 1 aromatic carbocycles. The van der Waals surface area contributed by atoms with Crippen LogP contribution in [-0.2, 0) is 9.59 Å². The van der Waals surface area contributed by atoms with Gasteiger partial charge in [-0.05, 0) is 44.5 Å². The molecular formula is C20H30ClN3O3. The van der Waals surface area contributed by atoms with E-state index in [0.717, 1.165) is 19.4 Å². The van der Waals surface area contributed by atoms with Gasteiger partial charge in [-0.2, -0.15) is 0 Å². The number of rotatable bonds is 8. The predicted octanol–water partition coefficient (Wildman–Crippen LogP) is 2.56. The van der Waals surface area contributed by atoms with Crippen LogP contribution in [0.25, 0.3) is 0 Å². The van der Waals surface area contributed by atoms with Crippen LogP contribution in [0.3, 0.4) is 0 Å². The zero-order chi connectivity index (χ0) is 19.9. The summed E-state index contributed by atoms with van der Waals surface area (Å²) in [5.74, 6) is 0.610. The summed E-state index contributed by atoms with van der Waals surface area (Å²) < 4.78 is 5.89. The summed E-state index contributed by atoms with van der Waals surface area (Å²) in [4.78, 5) is 28.7. The molecule has 0 aromatic heterocycles. The molecule has 7 heteroatoms. The van der Waals surface area contributed by atoms with Gasteiger partial charge in [0, 0.05) is 37.7 Å². The Balaban J connectivity index is 1.81. The third-order valence-electron chi connectivity index (χ3n) is 4.58. The fourth-order valence-corrected chi connectivity index (χ4v) is 3.12. The van der Waals surface area contributed by atoms with E-state index in [9.17, 15) is 9.59 Å². The van der Waals surface area contributed by atoms with Gasteiger partial charge in [-0.3, -0.25) is 14.5 Å². The van der Waals surface area contributed by atoms with E-state index in [-0.39, 0.29) is 11.8 Å². The van der Waals surface area contributed by atoms with Crippen LogP contribution in [0.5, 0.6) is 5.75 Å². The Bertz CT molecular complexity index is 626. The standard InChI is InChI=1S/C20H30ClN3O3/c1-4-5-10-22-18(25)15-23-11-13-24(14-12-23)19(26)20(2,3)27-17-8-6-16(21)7-9-17/h6-9H,4-5,10-15H2,1-3H3,(H,22,25).